The molecule has 0 bridgehead atoms. The highest BCUT2D eigenvalue weighted by Crippen LogP contribution is 2.40. The van der Waals surface area contributed by atoms with Crippen LogP contribution in [0.25, 0.3) is 0 Å². The van der Waals surface area contributed by atoms with E-state index in [-0.39, 0.29) is 11.9 Å². The van der Waals surface area contributed by atoms with Gasteiger partial charge in [0, 0.05) is 21.9 Å². The Morgan fingerprint density at radius 3 is 2.70 bits per heavy atom. The fraction of sp³-hybridized carbons (Fsp3) is 0.160. The molecule has 3 heterocycles. The van der Waals surface area contributed by atoms with Crippen LogP contribution in [0.15, 0.2) is 83.6 Å². The van der Waals surface area contributed by atoms with E-state index in [4.69, 9.17) is 4.74 Å². The number of carbonyl (C=O) groups excluding carboxylic acids is 1. The zero-order chi connectivity index (χ0) is 20.3. The number of nitrogens with zero attached hydrogens (tertiary/aromatic N) is 1. The lowest BCUT2D eigenvalue weighted by molar-refractivity contribution is 0.0698. The van der Waals surface area contributed by atoms with Crippen LogP contribution in [-0.4, -0.2) is 17.4 Å². The summed E-state index contributed by atoms with van der Waals surface area (Å²) in [6.07, 6.45) is 0.908. The molecule has 3 nitrogen and oxygen atoms in total. The Hall–Kier alpha value is -2.89. The summed E-state index contributed by atoms with van der Waals surface area (Å²) in [5.74, 6) is 0.765. The Morgan fingerprint density at radius 2 is 1.87 bits per heavy atom. The van der Waals surface area contributed by atoms with Crippen molar-refractivity contribution >= 4 is 28.6 Å². The largest absolute Gasteiger partial charge is 0.489 e. The highest BCUT2D eigenvalue weighted by Gasteiger charge is 2.33. The van der Waals surface area contributed by atoms with Gasteiger partial charge in [0.2, 0.25) is 0 Å². The van der Waals surface area contributed by atoms with Gasteiger partial charge in [-0.05, 0) is 58.6 Å². The van der Waals surface area contributed by atoms with Gasteiger partial charge < -0.3 is 9.64 Å². The van der Waals surface area contributed by atoms with Crippen molar-refractivity contribution in [2.45, 2.75) is 19.1 Å². The standard InChI is InChI=1S/C25H21NO2S2/c27-25(19-8-4-9-20(16-19)28-17-18-6-2-1-3-7-18)26-13-11-22-21(12-15-30-22)24(26)23-10-5-14-29-23/h1-10,12,14-16,24H,11,13,17H2. The molecule has 0 spiro atoms. The Balaban J connectivity index is 1.40. The van der Waals surface area contributed by atoms with Crippen molar-refractivity contribution in [2.75, 3.05) is 6.54 Å². The van der Waals surface area contributed by atoms with E-state index in [1.165, 1.54) is 15.3 Å². The van der Waals surface area contributed by atoms with Crippen LogP contribution in [0.3, 0.4) is 0 Å². The van der Waals surface area contributed by atoms with Crippen molar-refractivity contribution in [2.24, 2.45) is 0 Å². The minimum atomic E-state index is -0.0126. The first-order chi connectivity index (χ1) is 14.8. The third kappa shape index (κ3) is 3.78. The molecule has 2 aromatic carbocycles. The molecule has 4 aromatic rings. The molecule has 0 saturated carbocycles. The van der Waals surface area contributed by atoms with Crippen molar-refractivity contribution in [3.8, 4) is 5.75 Å². The summed E-state index contributed by atoms with van der Waals surface area (Å²) in [6.45, 7) is 1.21. The number of carbonyl (C=O) groups is 1. The van der Waals surface area contributed by atoms with E-state index in [0.717, 1.165) is 18.5 Å². The molecule has 1 aliphatic rings. The molecule has 30 heavy (non-hydrogen) atoms. The monoisotopic (exact) mass is 431 g/mol. The summed E-state index contributed by atoms with van der Waals surface area (Å²) in [7, 11) is 0. The molecule has 1 amide bonds. The summed E-state index contributed by atoms with van der Waals surface area (Å²) < 4.78 is 5.95. The highest BCUT2D eigenvalue weighted by molar-refractivity contribution is 7.10. The molecule has 0 aliphatic carbocycles. The van der Waals surface area contributed by atoms with Gasteiger partial charge in [-0.15, -0.1) is 22.7 Å². The first-order valence-electron chi connectivity index (χ1n) is 9.97. The van der Waals surface area contributed by atoms with Gasteiger partial charge in [0.05, 0.1) is 6.04 Å². The quantitative estimate of drug-likeness (QED) is 0.378. The van der Waals surface area contributed by atoms with Gasteiger partial charge >= 0.3 is 0 Å². The summed E-state index contributed by atoms with van der Waals surface area (Å²) >= 11 is 3.50. The number of ether oxygens (including phenoxy) is 1. The van der Waals surface area contributed by atoms with Crippen molar-refractivity contribution in [3.63, 3.8) is 0 Å². The second-order valence-corrected chi connectivity index (χ2v) is 9.25. The van der Waals surface area contributed by atoms with Crippen molar-refractivity contribution in [1.29, 1.82) is 0 Å². The highest BCUT2D eigenvalue weighted by atomic mass is 32.1. The predicted octanol–water partition coefficient (Wildman–Crippen LogP) is 6.18. The topological polar surface area (TPSA) is 29.5 Å². The van der Waals surface area contributed by atoms with E-state index >= 15 is 0 Å². The van der Waals surface area contributed by atoms with Crippen LogP contribution < -0.4 is 4.74 Å². The van der Waals surface area contributed by atoms with Crippen molar-refractivity contribution in [3.05, 3.63) is 110 Å². The van der Waals surface area contributed by atoms with Gasteiger partial charge in [-0.3, -0.25) is 4.79 Å². The van der Waals surface area contributed by atoms with E-state index in [1.807, 2.05) is 59.5 Å². The van der Waals surface area contributed by atoms with Gasteiger partial charge in [0.1, 0.15) is 12.4 Å². The van der Waals surface area contributed by atoms with Gasteiger partial charge in [-0.2, -0.15) is 0 Å². The Morgan fingerprint density at radius 1 is 0.967 bits per heavy atom. The molecular formula is C25H21NO2S2. The van der Waals surface area contributed by atoms with Crippen LogP contribution in [0, 0.1) is 0 Å². The zero-order valence-corrected chi connectivity index (χ0v) is 18.0. The predicted molar refractivity (Wildman–Crippen MR) is 122 cm³/mol. The van der Waals surface area contributed by atoms with Gasteiger partial charge in [0.15, 0.2) is 0 Å². The molecule has 1 aliphatic heterocycles. The van der Waals surface area contributed by atoms with E-state index in [0.29, 0.717) is 17.9 Å². The zero-order valence-electron chi connectivity index (χ0n) is 16.4. The molecule has 2 aromatic heterocycles. The Kier molecular flexibility index (Phi) is 5.39. The number of thiophene rings is 2. The minimum absolute atomic E-state index is 0.0126. The Bertz CT molecular complexity index is 1130. The normalized spacial score (nSPS) is 15.6. The van der Waals surface area contributed by atoms with E-state index < -0.39 is 0 Å². The first kappa shape index (κ1) is 19.1. The molecule has 0 radical (unpaired) electrons. The third-order valence-corrected chi connectivity index (χ3v) is 7.29. The first-order valence-corrected chi connectivity index (χ1v) is 11.7. The van der Waals surface area contributed by atoms with Gasteiger partial charge in [-0.1, -0.05) is 42.5 Å². The summed E-state index contributed by atoms with van der Waals surface area (Å²) in [5, 5.41) is 4.22. The van der Waals surface area contributed by atoms with Crippen LogP contribution in [0.2, 0.25) is 0 Å². The number of fused-ring (bicyclic) bond motifs is 1. The number of benzene rings is 2. The smallest absolute Gasteiger partial charge is 0.254 e. The molecule has 0 fully saturated rings. The van der Waals surface area contributed by atoms with Crippen LogP contribution in [0.1, 0.15) is 37.3 Å². The Labute approximate surface area is 184 Å². The molecule has 5 rings (SSSR count). The maximum Gasteiger partial charge on any atom is 0.254 e. The van der Waals surface area contributed by atoms with E-state index in [9.17, 15) is 4.79 Å². The van der Waals surface area contributed by atoms with Crippen molar-refractivity contribution < 1.29 is 9.53 Å². The summed E-state index contributed by atoms with van der Waals surface area (Å²) in [5.41, 5.74) is 3.03. The molecule has 1 atom stereocenters. The van der Waals surface area contributed by atoms with Gasteiger partial charge in [-0.25, -0.2) is 0 Å². The van der Waals surface area contributed by atoms with Crippen LogP contribution in [-0.2, 0) is 13.0 Å². The lowest BCUT2D eigenvalue weighted by Crippen LogP contribution is -2.39. The lowest BCUT2D eigenvalue weighted by atomic mass is 9.97. The number of amides is 1. The minimum Gasteiger partial charge on any atom is -0.489 e. The molecule has 1 unspecified atom stereocenters. The fourth-order valence-electron chi connectivity index (χ4n) is 3.91. The molecule has 150 valence electrons. The SMILES string of the molecule is O=C(c1cccc(OCc2ccccc2)c1)N1CCc2sccc2C1c1cccs1. The van der Waals surface area contributed by atoms with Crippen LogP contribution in [0.5, 0.6) is 5.75 Å². The number of hydrogen-bond donors (Lipinski definition) is 0. The summed E-state index contributed by atoms with van der Waals surface area (Å²) in [6, 6.07) is 23.9. The molecule has 0 N–H and O–H groups in total. The van der Waals surface area contributed by atoms with Crippen molar-refractivity contribution in [1.82, 2.24) is 4.90 Å². The maximum atomic E-state index is 13.5. The molecule has 5 heteroatoms. The second-order valence-electron chi connectivity index (χ2n) is 7.27. The second kappa shape index (κ2) is 8.46. The summed E-state index contributed by atoms with van der Waals surface area (Å²) in [4.78, 5) is 18.1. The van der Waals surface area contributed by atoms with Gasteiger partial charge in [0.25, 0.3) is 5.91 Å². The molecule has 0 saturated heterocycles. The fourth-order valence-corrected chi connectivity index (χ4v) is 5.67. The average Bonchev–Trinajstić information content (AvgIpc) is 3.49. The van der Waals surface area contributed by atoms with E-state index in [2.05, 4.69) is 29.0 Å². The average molecular weight is 432 g/mol. The van der Waals surface area contributed by atoms with Crippen LogP contribution in [0.4, 0.5) is 0 Å². The number of rotatable bonds is 5. The van der Waals surface area contributed by atoms with E-state index in [1.54, 1.807) is 22.7 Å². The van der Waals surface area contributed by atoms with Crippen LogP contribution >= 0.6 is 22.7 Å². The maximum absolute atomic E-state index is 13.5. The third-order valence-electron chi connectivity index (χ3n) is 5.37. The molecular weight excluding hydrogens is 410 g/mol. The lowest BCUT2D eigenvalue weighted by Gasteiger charge is -2.35. The number of hydrogen-bond acceptors (Lipinski definition) is 4.